The quantitative estimate of drug-likeness (QED) is 0.813. The number of nitrogens with two attached hydrogens (primary N) is 1. The van der Waals surface area contributed by atoms with Gasteiger partial charge in [-0.15, -0.1) is 0 Å². The summed E-state index contributed by atoms with van der Waals surface area (Å²) < 4.78 is 0. The predicted molar refractivity (Wildman–Crippen MR) is 88.6 cm³/mol. The highest BCUT2D eigenvalue weighted by Gasteiger charge is 2.35. The molecule has 0 aliphatic heterocycles. The highest BCUT2D eigenvalue weighted by molar-refractivity contribution is 5.80. The molecule has 1 aliphatic carbocycles. The average molecular weight is 297 g/mol. The Morgan fingerprint density at radius 3 is 2.41 bits per heavy atom. The van der Waals surface area contributed by atoms with Crippen molar-refractivity contribution in [3.8, 4) is 11.1 Å². The molecule has 0 aromatic heterocycles. The first-order valence-corrected chi connectivity index (χ1v) is 7.77. The molecule has 1 aliphatic rings. The van der Waals surface area contributed by atoms with Crippen molar-refractivity contribution in [1.82, 2.24) is 0 Å². The molecule has 116 valence electrons. The normalized spacial score (nSPS) is 17.7. The van der Waals surface area contributed by atoms with Gasteiger partial charge < -0.3 is 15.9 Å². The van der Waals surface area contributed by atoms with Crippen LogP contribution in [0.4, 0.5) is 0 Å². The summed E-state index contributed by atoms with van der Waals surface area (Å²) in [6.07, 6.45) is -1.33. The van der Waals surface area contributed by atoms with Gasteiger partial charge in [0.25, 0.3) is 0 Å². The lowest BCUT2D eigenvalue weighted by Crippen LogP contribution is -2.22. The van der Waals surface area contributed by atoms with E-state index < -0.39 is 12.2 Å². The van der Waals surface area contributed by atoms with Crippen molar-refractivity contribution in [2.75, 3.05) is 6.54 Å². The van der Waals surface area contributed by atoms with E-state index in [4.69, 9.17) is 5.73 Å². The van der Waals surface area contributed by atoms with Crippen LogP contribution in [0.1, 0.15) is 43.1 Å². The van der Waals surface area contributed by atoms with Crippen LogP contribution in [0.2, 0.25) is 0 Å². The van der Waals surface area contributed by atoms with Gasteiger partial charge in [-0.3, -0.25) is 0 Å². The third-order valence-corrected chi connectivity index (χ3v) is 4.78. The monoisotopic (exact) mass is 297 g/mol. The van der Waals surface area contributed by atoms with E-state index in [1.165, 1.54) is 22.3 Å². The summed E-state index contributed by atoms with van der Waals surface area (Å²) in [4.78, 5) is 0. The molecule has 0 heterocycles. The molecule has 0 bridgehead atoms. The van der Waals surface area contributed by atoms with E-state index in [9.17, 15) is 10.2 Å². The number of aliphatic hydroxyl groups excluding tert-OH is 2. The van der Waals surface area contributed by atoms with Crippen LogP contribution in [0.15, 0.2) is 42.5 Å². The highest BCUT2D eigenvalue weighted by atomic mass is 16.3. The van der Waals surface area contributed by atoms with Crippen molar-refractivity contribution < 1.29 is 10.2 Å². The number of rotatable bonds is 4. The van der Waals surface area contributed by atoms with Crippen LogP contribution in [0.3, 0.4) is 0 Å². The molecule has 2 atom stereocenters. The Bertz CT molecular complexity index is 694. The van der Waals surface area contributed by atoms with E-state index in [1.807, 2.05) is 12.1 Å². The Labute approximate surface area is 131 Å². The molecular weight excluding hydrogens is 274 g/mol. The van der Waals surface area contributed by atoms with Crippen molar-refractivity contribution in [2.45, 2.75) is 37.9 Å². The minimum atomic E-state index is -0.895. The first kappa shape index (κ1) is 15.2. The number of hydrogen-bond donors (Lipinski definition) is 3. The second-order valence-electron chi connectivity index (χ2n) is 6.57. The Kier molecular flexibility index (Phi) is 3.81. The molecule has 3 rings (SSSR count). The second kappa shape index (κ2) is 5.51. The average Bonchev–Trinajstić information content (AvgIpc) is 2.75. The maximum Gasteiger partial charge on any atom is 0.105 e. The number of aliphatic hydroxyl groups is 2. The Balaban J connectivity index is 2.04. The second-order valence-corrected chi connectivity index (χ2v) is 6.57. The van der Waals surface area contributed by atoms with E-state index in [0.717, 1.165) is 5.56 Å². The molecule has 2 unspecified atom stereocenters. The summed E-state index contributed by atoms with van der Waals surface area (Å²) in [7, 11) is 0. The SMILES string of the molecule is CC1(C)c2ccccc2-c2ccc(C(O)C(O)CCN)cc21. The molecule has 0 saturated carbocycles. The topological polar surface area (TPSA) is 66.5 Å². The van der Waals surface area contributed by atoms with Crippen molar-refractivity contribution in [3.63, 3.8) is 0 Å². The molecule has 0 fully saturated rings. The number of fused-ring (bicyclic) bond motifs is 3. The lowest BCUT2D eigenvalue weighted by atomic mass is 9.81. The minimum absolute atomic E-state index is 0.0967. The van der Waals surface area contributed by atoms with Crippen molar-refractivity contribution in [1.29, 1.82) is 0 Å². The van der Waals surface area contributed by atoms with Gasteiger partial charge in [0.15, 0.2) is 0 Å². The first-order chi connectivity index (χ1) is 10.5. The molecule has 0 amide bonds. The van der Waals surface area contributed by atoms with Crippen LogP contribution in [-0.2, 0) is 5.41 Å². The fourth-order valence-corrected chi connectivity index (χ4v) is 3.46. The Morgan fingerprint density at radius 2 is 1.68 bits per heavy atom. The number of benzene rings is 2. The summed E-state index contributed by atoms with van der Waals surface area (Å²) in [6.45, 7) is 4.76. The van der Waals surface area contributed by atoms with E-state index in [2.05, 4.69) is 44.2 Å². The van der Waals surface area contributed by atoms with Gasteiger partial charge in [0.05, 0.1) is 6.10 Å². The summed E-state index contributed by atoms with van der Waals surface area (Å²) in [5.41, 5.74) is 11.1. The molecule has 2 aromatic rings. The van der Waals surface area contributed by atoms with Gasteiger partial charge in [-0.05, 0) is 40.8 Å². The molecule has 4 N–H and O–H groups in total. The van der Waals surface area contributed by atoms with E-state index in [-0.39, 0.29) is 5.41 Å². The third kappa shape index (κ3) is 2.26. The van der Waals surface area contributed by atoms with Gasteiger partial charge in [-0.2, -0.15) is 0 Å². The van der Waals surface area contributed by atoms with E-state index in [1.54, 1.807) is 0 Å². The van der Waals surface area contributed by atoms with E-state index in [0.29, 0.717) is 13.0 Å². The van der Waals surface area contributed by atoms with Crippen molar-refractivity contribution >= 4 is 0 Å². The zero-order valence-electron chi connectivity index (χ0n) is 13.1. The minimum Gasteiger partial charge on any atom is -0.390 e. The first-order valence-electron chi connectivity index (χ1n) is 7.77. The lowest BCUT2D eigenvalue weighted by Gasteiger charge is -2.23. The lowest BCUT2D eigenvalue weighted by molar-refractivity contribution is 0.0150. The maximum atomic E-state index is 10.3. The largest absolute Gasteiger partial charge is 0.390 e. The van der Waals surface area contributed by atoms with Gasteiger partial charge in [0.1, 0.15) is 6.10 Å². The van der Waals surface area contributed by atoms with Crippen LogP contribution in [0.5, 0.6) is 0 Å². The van der Waals surface area contributed by atoms with Gasteiger partial charge in [0.2, 0.25) is 0 Å². The van der Waals surface area contributed by atoms with Crippen LogP contribution in [-0.4, -0.2) is 22.9 Å². The molecule has 3 heteroatoms. The summed E-state index contributed by atoms with van der Waals surface area (Å²) in [5, 5.41) is 20.3. The van der Waals surface area contributed by atoms with Crippen molar-refractivity contribution in [3.05, 3.63) is 59.2 Å². The fraction of sp³-hybridized carbons (Fsp3) is 0.368. The Hall–Kier alpha value is -1.68. The van der Waals surface area contributed by atoms with Gasteiger partial charge >= 0.3 is 0 Å². The van der Waals surface area contributed by atoms with Crippen molar-refractivity contribution in [2.24, 2.45) is 5.73 Å². The van der Waals surface area contributed by atoms with Crippen LogP contribution < -0.4 is 5.73 Å². The standard InChI is InChI=1S/C19H23NO2/c1-19(2)15-6-4-3-5-13(15)14-8-7-12(11-16(14)19)18(22)17(21)9-10-20/h3-8,11,17-18,21-22H,9-10,20H2,1-2H3. The van der Waals surface area contributed by atoms with Crippen LogP contribution in [0, 0.1) is 0 Å². The molecule has 2 aromatic carbocycles. The van der Waals surface area contributed by atoms with Gasteiger partial charge in [0, 0.05) is 5.41 Å². The summed E-state index contributed by atoms with van der Waals surface area (Å²) in [6, 6.07) is 14.4. The molecule has 3 nitrogen and oxygen atoms in total. The van der Waals surface area contributed by atoms with Gasteiger partial charge in [-0.1, -0.05) is 56.3 Å². The molecule has 0 saturated heterocycles. The zero-order chi connectivity index (χ0) is 15.9. The molecule has 0 radical (unpaired) electrons. The van der Waals surface area contributed by atoms with E-state index >= 15 is 0 Å². The summed E-state index contributed by atoms with van der Waals surface area (Å²) in [5.74, 6) is 0. The van der Waals surface area contributed by atoms with Gasteiger partial charge in [-0.25, -0.2) is 0 Å². The smallest absolute Gasteiger partial charge is 0.105 e. The molecule has 0 spiro atoms. The predicted octanol–water partition coefficient (Wildman–Crippen LogP) is 2.74. The van der Waals surface area contributed by atoms with Crippen LogP contribution >= 0.6 is 0 Å². The Morgan fingerprint density at radius 1 is 1.00 bits per heavy atom. The zero-order valence-corrected chi connectivity index (χ0v) is 13.1. The number of hydrogen-bond acceptors (Lipinski definition) is 3. The highest BCUT2D eigenvalue weighted by Crippen LogP contribution is 2.49. The van der Waals surface area contributed by atoms with Crippen LogP contribution in [0.25, 0.3) is 11.1 Å². The summed E-state index contributed by atoms with van der Waals surface area (Å²) >= 11 is 0. The third-order valence-electron chi connectivity index (χ3n) is 4.78. The fourth-order valence-electron chi connectivity index (χ4n) is 3.46. The molecular formula is C19H23NO2. The maximum absolute atomic E-state index is 10.3. The molecule has 22 heavy (non-hydrogen) atoms.